The first-order valence-electron chi connectivity index (χ1n) is 6.73. The molecule has 0 spiro atoms. The predicted molar refractivity (Wildman–Crippen MR) is 91.7 cm³/mol. The van der Waals surface area contributed by atoms with E-state index < -0.39 is 4.92 Å². The highest BCUT2D eigenvalue weighted by Gasteiger charge is 2.15. The quantitative estimate of drug-likeness (QED) is 0.392. The summed E-state index contributed by atoms with van der Waals surface area (Å²) in [4.78, 5) is 12.4. The zero-order chi connectivity index (χ0) is 16.9. The van der Waals surface area contributed by atoms with E-state index in [2.05, 4.69) is 15.3 Å². The topological polar surface area (TPSA) is 86.2 Å². The maximum atomic E-state index is 11.4. The lowest BCUT2D eigenvalue weighted by atomic mass is 10.2. The molecule has 0 unspecified atom stereocenters. The van der Waals surface area contributed by atoms with Crippen LogP contribution in [0.4, 0.5) is 5.69 Å². The van der Waals surface area contributed by atoms with E-state index in [1.807, 2.05) is 12.1 Å². The molecule has 120 valence electrons. The first kappa shape index (κ1) is 16.2. The van der Waals surface area contributed by atoms with Crippen LogP contribution in [0.25, 0.3) is 0 Å². The summed E-state index contributed by atoms with van der Waals surface area (Å²) >= 11 is 7.16. The Kier molecular flexibility index (Phi) is 4.88. The van der Waals surface area contributed by atoms with Crippen molar-refractivity contribution >= 4 is 35.3 Å². The van der Waals surface area contributed by atoms with Gasteiger partial charge >= 0.3 is 0 Å². The fourth-order valence-corrected chi connectivity index (χ4v) is 2.89. The van der Waals surface area contributed by atoms with Crippen LogP contribution in [0.3, 0.4) is 0 Å². The molecule has 0 aliphatic carbocycles. The number of hydrogen-bond acceptors (Lipinski definition) is 6. The van der Waals surface area contributed by atoms with E-state index in [-0.39, 0.29) is 5.69 Å². The second-order valence-corrected chi connectivity index (χ2v) is 6.18. The molecule has 7 nitrogen and oxygen atoms in total. The van der Waals surface area contributed by atoms with Crippen molar-refractivity contribution in [3.63, 3.8) is 0 Å². The molecule has 24 heavy (non-hydrogen) atoms. The summed E-state index contributed by atoms with van der Waals surface area (Å²) in [7, 11) is 0. The van der Waals surface area contributed by atoms with Gasteiger partial charge in [-0.1, -0.05) is 29.4 Å². The fraction of sp³-hybridized carbons (Fsp3) is 0. The van der Waals surface area contributed by atoms with Crippen molar-refractivity contribution in [2.45, 2.75) is 9.79 Å². The summed E-state index contributed by atoms with van der Waals surface area (Å²) in [6.45, 7) is 0. The molecule has 0 N–H and O–H groups in total. The minimum atomic E-state index is -0.408. The van der Waals surface area contributed by atoms with Crippen molar-refractivity contribution in [2.24, 2.45) is 5.10 Å². The number of aromatic nitrogens is 3. The van der Waals surface area contributed by atoms with Gasteiger partial charge in [0.1, 0.15) is 12.7 Å². The Morgan fingerprint density at radius 3 is 2.54 bits per heavy atom. The fourth-order valence-electron chi connectivity index (χ4n) is 1.86. The minimum Gasteiger partial charge on any atom is -0.258 e. The van der Waals surface area contributed by atoms with Crippen molar-refractivity contribution in [2.75, 3.05) is 0 Å². The summed E-state index contributed by atoms with van der Waals surface area (Å²) in [5.41, 5.74) is 0.624. The molecular formula is C15H10ClN5O2S. The highest BCUT2D eigenvalue weighted by atomic mass is 35.5. The molecule has 0 fully saturated rings. The molecule has 1 heterocycles. The Morgan fingerprint density at radius 2 is 1.88 bits per heavy atom. The number of hydrogen-bond donors (Lipinski definition) is 0. The minimum absolute atomic E-state index is 0.0163. The third kappa shape index (κ3) is 3.98. The van der Waals surface area contributed by atoms with Crippen LogP contribution in [0.2, 0.25) is 5.02 Å². The standard InChI is InChI=1S/C15H10ClN5O2S/c16-12-2-4-13(5-3-12)24-15-6-1-11(7-14(15)21(22)23)8-19-20-9-17-18-10-20/h1-10H/b19-8+. The molecule has 0 aliphatic heterocycles. The van der Waals surface area contributed by atoms with Gasteiger partial charge in [0.05, 0.1) is 16.0 Å². The molecule has 0 saturated carbocycles. The highest BCUT2D eigenvalue weighted by Crippen LogP contribution is 2.35. The lowest BCUT2D eigenvalue weighted by Gasteiger charge is -2.04. The van der Waals surface area contributed by atoms with Crippen LogP contribution in [-0.4, -0.2) is 26.0 Å². The van der Waals surface area contributed by atoms with E-state index in [0.29, 0.717) is 15.5 Å². The number of rotatable bonds is 5. The van der Waals surface area contributed by atoms with Crippen molar-refractivity contribution < 1.29 is 4.92 Å². The van der Waals surface area contributed by atoms with Crippen LogP contribution in [-0.2, 0) is 0 Å². The lowest BCUT2D eigenvalue weighted by molar-refractivity contribution is -0.387. The summed E-state index contributed by atoms with van der Waals surface area (Å²) in [6, 6.07) is 12.1. The first-order valence-corrected chi connectivity index (χ1v) is 7.92. The maximum absolute atomic E-state index is 11.4. The van der Waals surface area contributed by atoms with Gasteiger partial charge in [0, 0.05) is 21.5 Å². The Labute approximate surface area is 146 Å². The Bertz CT molecular complexity index is 881. The normalized spacial score (nSPS) is 11.0. The molecule has 3 aromatic rings. The Balaban J connectivity index is 1.87. The van der Waals surface area contributed by atoms with Crippen LogP contribution in [0, 0.1) is 10.1 Å². The van der Waals surface area contributed by atoms with E-state index in [0.717, 1.165) is 4.90 Å². The molecule has 0 saturated heterocycles. The van der Waals surface area contributed by atoms with Crippen LogP contribution in [0.1, 0.15) is 5.56 Å². The van der Waals surface area contributed by atoms with E-state index in [1.165, 1.54) is 41.4 Å². The van der Waals surface area contributed by atoms with Gasteiger partial charge in [0.2, 0.25) is 0 Å². The van der Waals surface area contributed by atoms with Gasteiger partial charge in [-0.3, -0.25) is 10.1 Å². The van der Waals surface area contributed by atoms with Crippen molar-refractivity contribution in [3.8, 4) is 0 Å². The number of benzene rings is 2. The summed E-state index contributed by atoms with van der Waals surface area (Å²) in [6.07, 6.45) is 4.36. The molecule has 0 atom stereocenters. The van der Waals surface area contributed by atoms with Crippen LogP contribution in [0.5, 0.6) is 0 Å². The smallest absolute Gasteiger partial charge is 0.258 e. The molecule has 0 bridgehead atoms. The summed E-state index contributed by atoms with van der Waals surface area (Å²) < 4.78 is 1.40. The third-order valence-electron chi connectivity index (χ3n) is 2.97. The van der Waals surface area contributed by atoms with Gasteiger partial charge in [-0.25, -0.2) is 4.68 Å². The predicted octanol–water partition coefficient (Wildman–Crippen LogP) is 3.87. The lowest BCUT2D eigenvalue weighted by Crippen LogP contribution is -1.94. The largest absolute Gasteiger partial charge is 0.283 e. The number of nitro groups is 1. The van der Waals surface area contributed by atoms with E-state index in [9.17, 15) is 10.1 Å². The average Bonchev–Trinajstić information content (AvgIpc) is 3.09. The van der Waals surface area contributed by atoms with Gasteiger partial charge in [-0.15, -0.1) is 10.2 Å². The summed E-state index contributed by atoms with van der Waals surface area (Å²) in [5, 5.41) is 23.3. The third-order valence-corrected chi connectivity index (χ3v) is 4.29. The monoisotopic (exact) mass is 359 g/mol. The van der Waals surface area contributed by atoms with Gasteiger partial charge < -0.3 is 0 Å². The van der Waals surface area contributed by atoms with Gasteiger partial charge in [-0.2, -0.15) is 5.10 Å². The number of halogens is 1. The molecule has 0 radical (unpaired) electrons. The van der Waals surface area contributed by atoms with Crippen molar-refractivity contribution in [1.82, 2.24) is 14.9 Å². The molecule has 0 amide bonds. The molecule has 3 rings (SSSR count). The first-order chi connectivity index (χ1) is 11.6. The SMILES string of the molecule is O=[N+]([O-])c1cc(/C=N/n2cnnc2)ccc1Sc1ccc(Cl)cc1. The van der Waals surface area contributed by atoms with E-state index in [4.69, 9.17) is 11.6 Å². The number of nitro benzene ring substituents is 1. The Hall–Kier alpha value is -2.71. The van der Waals surface area contributed by atoms with E-state index in [1.54, 1.807) is 24.3 Å². The number of nitrogens with zero attached hydrogens (tertiary/aromatic N) is 5. The molecule has 1 aromatic heterocycles. The molecule has 9 heteroatoms. The van der Waals surface area contributed by atoms with Crippen LogP contribution < -0.4 is 0 Å². The summed E-state index contributed by atoms with van der Waals surface area (Å²) in [5.74, 6) is 0. The molecular weight excluding hydrogens is 350 g/mol. The Morgan fingerprint density at radius 1 is 1.17 bits per heavy atom. The van der Waals surface area contributed by atoms with Crippen molar-refractivity contribution in [1.29, 1.82) is 0 Å². The van der Waals surface area contributed by atoms with E-state index >= 15 is 0 Å². The maximum Gasteiger partial charge on any atom is 0.283 e. The van der Waals surface area contributed by atoms with Crippen molar-refractivity contribution in [3.05, 3.63) is 75.8 Å². The van der Waals surface area contributed by atoms with Crippen LogP contribution in [0.15, 0.2) is 70.0 Å². The highest BCUT2D eigenvalue weighted by molar-refractivity contribution is 7.99. The van der Waals surface area contributed by atoms with Crippen LogP contribution >= 0.6 is 23.4 Å². The molecule has 2 aromatic carbocycles. The van der Waals surface area contributed by atoms with Gasteiger partial charge in [0.15, 0.2) is 0 Å². The van der Waals surface area contributed by atoms with Gasteiger partial charge in [-0.05, 0) is 30.3 Å². The zero-order valence-electron chi connectivity index (χ0n) is 12.1. The van der Waals surface area contributed by atoms with Gasteiger partial charge in [0.25, 0.3) is 5.69 Å². The second-order valence-electron chi connectivity index (χ2n) is 4.63. The molecule has 0 aliphatic rings. The second kappa shape index (κ2) is 7.24. The average molecular weight is 360 g/mol. The zero-order valence-corrected chi connectivity index (χ0v) is 13.7.